The Balaban J connectivity index is 0. The van der Waals surface area contributed by atoms with Gasteiger partial charge < -0.3 is 16.4 Å². The van der Waals surface area contributed by atoms with Crippen molar-refractivity contribution in [1.29, 1.82) is 0 Å². The van der Waals surface area contributed by atoms with Crippen LogP contribution >= 0.6 is 24.8 Å². The molecule has 1 amide bonds. The van der Waals surface area contributed by atoms with E-state index in [1.54, 1.807) is 18.6 Å². The summed E-state index contributed by atoms with van der Waals surface area (Å²) in [4.78, 5) is 20.2. The zero-order valence-electron chi connectivity index (χ0n) is 12.5. The van der Waals surface area contributed by atoms with Gasteiger partial charge in [-0.25, -0.2) is 4.98 Å². The lowest BCUT2D eigenvalue weighted by atomic mass is 9.81. The number of anilines is 1. The molecule has 0 aliphatic rings. The minimum atomic E-state index is -0.438. The molecule has 0 aliphatic heterocycles. The molecule has 8 heteroatoms. The maximum Gasteiger partial charge on any atom is 0.227 e. The molecule has 1 aromatic rings. The molecule has 6 nitrogen and oxygen atoms in total. The summed E-state index contributed by atoms with van der Waals surface area (Å²) in [5, 5.41) is 6.00. The fraction of sp³-hybridized carbons (Fsp3) is 0.615. The largest absolute Gasteiger partial charge is 0.367 e. The minimum Gasteiger partial charge on any atom is -0.367 e. The number of nitrogens with one attached hydrogen (secondary N) is 2. The van der Waals surface area contributed by atoms with Crippen molar-refractivity contribution in [2.75, 3.05) is 25.0 Å². The number of carbonyl (C=O) groups is 1. The van der Waals surface area contributed by atoms with Gasteiger partial charge in [0.15, 0.2) is 0 Å². The van der Waals surface area contributed by atoms with E-state index in [4.69, 9.17) is 5.73 Å². The highest BCUT2D eigenvalue weighted by atomic mass is 35.5. The molecule has 4 N–H and O–H groups in total. The molecular weight excluding hydrogens is 313 g/mol. The Morgan fingerprint density at radius 1 is 1.24 bits per heavy atom. The summed E-state index contributed by atoms with van der Waals surface area (Å²) in [6.45, 7) is 5.51. The van der Waals surface area contributed by atoms with Crippen LogP contribution < -0.4 is 16.4 Å². The number of aromatic nitrogens is 2. The molecule has 0 radical (unpaired) electrons. The Kier molecular flexibility index (Phi) is 12.2. The quantitative estimate of drug-likeness (QED) is 0.626. The number of rotatable bonds is 8. The van der Waals surface area contributed by atoms with Crippen molar-refractivity contribution in [1.82, 2.24) is 15.3 Å². The highest BCUT2D eigenvalue weighted by molar-refractivity contribution is 5.85. The Bertz CT molecular complexity index is 379. The van der Waals surface area contributed by atoms with E-state index in [9.17, 15) is 4.79 Å². The fourth-order valence-corrected chi connectivity index (χ4v) is 1.90. The summed E-state index contributed by atoms with van der Waals surface area (Å²) < 4.78 is 0. The van der Waals surface area contributed by atoms with Gasteiger partial charge in [-0.3, -0.25) is 9.78 Å². The number of amides is 1. The minimum absolute atomic E-state index is 0. The number of halogens is 2. The number of nitrogens with zero attached hydrogens (tertiary/aromatic N) is 2. The summed E-state index contributed by atoms with van der Waals surface area (Å²) in [6, 6.07) is 0. The predicted molar refractivity (Wildman–Crippen MR) is 90.1 cm³/mol. The highest BCUT2D eigenvalue weighted by Crippen LogP contribution is 2.24. The first kappa shape index (κ1) is 22.2. The molecule has 0 fully saturated rings. The van der Waals surface area contributed by atoms with Gasteiger partial charge in [0.1, 0.15) is 5.82 Å². The van der Waals surface area contributed by atoms with Crippen LogP contribution in [0.3, 0.4) is 0 Å². The number of carbonyl (C=O) groups excluding carboxylic acids is 1. The zero-order chi connectivity index (χ0) is 14.1. The van der Waals surface area contributed by atoms with Crippen molar-refractivity contribution in [3.8, 4) is 0 Å². The van der Waals surface area contributed by atoms with Crippen molar-refractivity contribution >= 4 is 36.5 Å². The van der Waals surface area contributed by atoms with Crippen molar-refractivity contribution in [2.45, 2.75) is 26.7 Å². The van der Waals surface area contributed by atoms with E-state index in [0.717, 1.165) is 12.8 Å². The molecule has 1 rings (SSSR count). The molecule has 0 aliphatic carbocycles. The van der Waals surface area contributed by atoms with Crippen LogP contribution in [0.5, 0.6) is 0 Å². The Morgan fingerprint density at radius 3 is 2.38 bits per heavy atom. The van der Waals surface area contributed by atoms with E-state index in [1.165, 1.54) is 0 Å². The van der Waals surface area contributed by atoms with Gasteiger partial charge in [-0.2, -0.15) is 0 Å². The first-order valence-electron chi connectivity index (χ1n) is 6.66. The van der Waals surface area contributed by atoms with Crippen LogP contribution in [0.4, 0.5) is 5.82 Å². The van der Waals surface area contributed by atoms with Crippen LogP contribution in [0.2, 0.25) is 0 Å². The molecule has 0 aromatic carbocycles. The van der Waals surface area contributed by atoms with Crippen LogP contribution in [-0.4, -0.2) is 35.5 Å². The number of hydrogen-bond donors (Lipinski definition) is 3. The summed E-state index contributed by atoms with van der Waals surface area (Å²) in [5.74, 6) is 0.730. The fourth-order valence-electron chi connectivity index (χ4n) is 1.90. The van der Waals surface area contributed by atoms with Crippen LogP contribution in [0.1, 0.15) is 26.7 Å². The maximum absolute atomic E-state index is 12.1. The first-order valence-corrected chi connectivity index (χ1v) is 6.66. The lowest BCUT2D eigenvalue weighted by molar-refractivity contribution is -0.130. The standard InChI is InChI=1S/C13H23N5O.2ClH/c1-3-13(4-2,10-14)12(19)18-8-7-17-11-9-15-5-6-16-11;;/h5-6,9H,3-4,7-8,10,14H2,1-2H3,(H,16,17)(H,18,19);2*1H. The van der Waals surface area contributed by atoms with Crippen LogP contribution in [0.15, 0.2) is 18.6 Å². The van der Waals surface area contributed by atoms with E-state index >= 15 is 0 Å². The van der Waals surface area contributed by atoms with Gasteiger partial charge in [-0.15, -0.1) is 24.8 Å². The molecule has 0 bridgehead atoms. The van der Waals surface area contributed by atoms with Crippen molar-refractivity contribution in [3.05, 3.63) is 18.6 Å². The molecule has 21 heavy (non-hydrogen) atoms. The van der Waals surface area contributed by atoms with Crippen LogP contribution in [-0.2, 0) is 4.79 Å². The second kappa shape index (κ2) is 11.5. The molecule has 1 heterocycles. The zero-order valence-corrected chi connectivity index (χ0v) is 14.1. The third-order valence-electron chi connectivity index (χ3n) is 3.51. The van der Waals surface area contributed by atoms with Crippen molar-refractivity contribution in [3.63, 3.8) is 0 Å². The lowest BCUT2D eigenvalue weighted by Gasteiger charge is -2.28. The van der Waals surface area contributed by atoms with Crippen LogP contribution in [0.25, 0.3) is 0 Å². The predicted octanol–water partition coefficient (Wildman–Crippen LogP) is 1.61. The van der Waals surface area contributed by atoms with E-state index in [-0.39, 0.29) is 30.7 Å². The molecule has 122 valence electrons. The van der Waals surface area contributed by atoms with Crippen molar-refractivity contribution < 1.29 is 4.79 Å². The maximum atomic E-state index is 12.1. The van der Waals surface area contributed by atoms with Gasteiger partial charge in [0, 0.05) is 32.0 Å². The van der Waals surface area contributed by atoms with Gasteiger partial charge in [-0.05, 0) is 12.8 Å². The molecule has 0 atom stereocenters. The highest BCUT2D eigenvalue weighted by Gasteiger charge is 2.32. The van der Waals surface area contributed by atoms with Crippen molar-refractivity contribution in [2.24, 2.45) is 11.1 Å². The topological polar surface area (TPSA) is 92.9 Å². The average Bonchev–Trinajstić information content (AvgIpc) is 2.47. The van der Waals surface area contributed by atoms with Gasteiger partial charge in [0.25, 0.3) is 0 Å². The third kappa shape index (κ3) is 6.46. The normalized spacial score (nSPS) is 10.0. The van der Waals surface area contributed by atoms with E-state index < -0.39 is 5.41 Å². The second-order valence-electron chi connectivity index (χ2n) is 4.46. The molecule has 0 saturated carbocycles. The molecule has 1 aromatic heterocycles. The Labute approximate surface area is 138 Å². The van der Waals surface area contributed by atoms with Gasteiger partial charge in [0.2, 0.25) is 5.91 Å². The van der Waals surface area contributed by atoms with Crippen LogP contribution in [0, 0.1) is 5.41 Å². The van der Waals surface area contributed by atoms with Gasteiger partial charge in [0.05, 0.1) is 11.6 Å². The third-order valence-corrected chi connectivity index (χ3v) is 3.51. The van der Waals surface area contributed by atoms with Gasteiger partial charge in [-0.1, -0.05) is 13.8 Å². The lowest BCUT2D eigenvalue weighted by Crippen LogP contribution is -2.46. The average molecular weight is 338 g/mol. The summed E-state index contributed by atoms with van der Waals surface area (Å²) in [7, 11) is 0. The molecule has 0 spiro atoms. The molecule has 0 unspecified atom stereocenters. The smallest absolute Gasteiger partial charge is 0.227 e. The molecule has 0 saturated heterocycles. The summed E-state index contributed by atoms with van der Waals surface area (Å²) in [5.41, 5.74) is 5.29. The Morgan fingerprint density at radius 2 is 1.90 bits per heavy atom. The SMILES string of the molecule is CCC(CC)(CN)C(=O)NCCNc1cnccn1.Cl.Cl. The Hall–Kier alpha value is -1.11. The van der Waals surface area contributed by atoms with E-state index in [2.05, 4.69) is 20.6 Å². The van der Waals surface area contributed by atoms with Gasteiger partial charge >= 0.3 is 0 Å². The second-order valence-corrected chi connectivity index (χ2v) is 4.46. The number of nitrogens with two attached hydrogens (primary N) is 1. The molecular formula is C13H25Cl2N5O. The van der Waals surface area contributed by atoms with E-state index in [1.807, 2.05) is 13.8 Å². The summed E-state index contributed by atoms with van der Waals surface area (Å²) in [6.07, 6.45) is 6.39. The summed E-state index contributed by atoms with van der Waals surface area (Å²) >= 11 is 0. The first-order chi connectivity index (χ1) is 9.18. The monoisotopic (exact) mass is 337 g/mol. The van der Waals surface area contributed by atoms with E-state index in [0.29, 0.717) is 25.5 Å². The number of hydrogen-bond acceptors (Lipinski definition) is 5.